The Morgan fingerprint density at radius 3 is 2.59 bits per heavy atom. The second kappa shape index (κ2) is 5.04. The Kier molecular flexibility index (Phi) is 3.85. The van der Waals surface area contributed by atoms with Crippen LogP contribution in [0, 0.1) is 6.92 Å². The number of nitrogen functional groups attached to an aromatic ring is 1. The van der Waals surface area contributed by atoms with E-state index >= 15 is 0 Å². The van der Waals surface area contributed by atoms with Crippen LogP contribution in [0.1, 0.15) is 17.5 Å². The molecule has 2 heterocycles. The van der Waals surface area contributed by atoms with E-state index in [9.17, 15) is 0 Å². The van der Waals surface area contributed by atoms with E-state index in [1.807, 2.05) is 13.0 Å². The topological polar surface area (TPSA) is 51.8 Å². The lowest BCUT2D eigenvalue weighted by Crippen LogP contribution is -2.01. The second-order valence-corrected chi connectivity index (χ2v) is 6.47. The molecule has 0 spiro atoms. The van der Waals surface area contributed by atoms with E-state index in [4.69, 9.17) is 5.73 Å². The summed E-state index contributed by atoms with van der Waals surface area (Å²) in [5.74, 6) is 1.19. The fourth-order valence-corrected chi connectivity index (χ4v) is 3.35. The minimum absolute atomic E-state index is 0.494. The summed E-state index contributed by atoms with van der Waals surface area (Å²) in [5.41, 5.74) is 6.81. The highest BCUT2D eigenvalue weighted by molar-refractivity contribution is 9.11. The molecule has 2 aromatic heterocycles. The maximum Gasteiger partial charge on any atom is 0.171 e. The lowest BCUT2D eigenvalue weighted by atomic mass is 10.3. The van der Waals surface area contributed by atoms with Crippen molar-refractivity contribution < 1.29 is 0 Å². The molecule has 0 fully saturated rings. The normalized spacial score (nSPS) is 10.8. The fraction of sp³-hybridized carbons (Fsp3) is 0.273. The number of thiophene rings is 1. The average Bonchev–Trinajstić information content (AvgIpc) is 2.63. The van der Waals surface area contributed by atoms with Crippen LogP contribution in [0.15, 0.2) is 15.0 Å². The Balaban J connectivity index is 2.56. The maximum absolute atomic E-state index is 5.87. The highest BCUT2D eigenvalue weighted by Gasteiger charge is 2.13. The van der Waals surface area contributed by atoms with Gasteiger partial charge in [0.05, 0.1) is 15.0 Å². The van der Waals surface area contributed by atoms with E-state index in [-0.39, 0.29) is 0 Å². The molecular weight excluding hydrogens is 366 g/mol. The van der Waals surface area contributed by atoms with Gasteiger partial charge in [-0.2, -0.15) is 0 Å². The van der Waals surface area contributed by atoms with Gasteiger partial charge in [-0.1, -0.05) is 6.92 Å². The average molecular weight is 377 g/mol. The molecule has 0 aliphatic rings. The Labute approximate surface area is 121 Å². The van der Waals surface area contributed by atoms with Gasteiger partial charge < -0.3 is 5.73 Å². The molecule has 90 valence electrons. The fourth-order valence-electron chi connectivity index (χ4n) is 1.43. The Hall–Kier alpha value is -0.460. The first-order valence-corrected chi connectivity index (χ1v) is 7.51. The Bertz CT molecular complexity index is 547. The number of nitrogens with two attached hydrogens (primary N) is 1. The molecule has 2 rings (SSSR count). The number of nitrogens with zero attached hydrogens (tertiary/aromatic N) is 2. The van der Waals surface area contributed by atoms with E-state index in [2.05, 4.69) is 48.8 Å². The highest BCUT2D eigenvalue weighted by Crippen LogP contribution is 2.34. The van der Waals surface area contributed by atoms with Crippen molar-refractivity contribution >= 4 is 49.0 Å². The zero-order valence-corrected chi connectivity index (χ0v) is 13.4. The first-order chi connectivity index (χ1) is 8.02. The maximum atomic E-state index is 5.87. The molecule has 0 saturated heterocycles. The molecule has 2 N–H and O–H groups in total. The summed E-state index contributed by atoms with van der Waals surface area (Å²) in [5, 5.41) is 0. The molecule has 0 aliphatic heterocycles. The van der Waals surface area contributed by atoms with E-state index < -0.39 is 0 Å². The number of aryl methyl sites for hydroxylation is 2. The van der Waals surface area contributed by atoms with Gasteiger partial charge >= 0.3 is 0 Å². The van der Waals surface area contributed by atoms with Gasteiger partial charge in [0.15, 0.2) is 5.82 Å². The van der Waals surface area contributed by atoms with Crippen LogP contribution in [0.5, 0.6) is 0 Å². The Morgan fingerprint density at radius 2 is 2.06 bits per heavy atom. The van der Waals surface area contributed by atoms with Crippen molar-refractivity contribution in [2.75, 3.05) is 5.73 Å². The van der Waals surface area contributed by atoms with Crippen LogP contribution < -0.4 is 5.73 Å². The molecule has 0 amide bonds. The summed E-state index contributed by atoms with van der Waals surface area (Å²) in [4.78, 5) is 11.1. The molecule has 0 atom stereocenters. The van der Waals surface area contributed by atoms with Gasteiger partial charge in [0.2, 0.25) is 0 Å². The molecule has 0 unspecified atom stereocenters. The molecule has 6 heteroatoms. The smallest absolute Gasteiger partial charge is 0.171 e. The van der Waals surface area contributed by atoms with Crippen molar-refractivity contribution in [3.05, 3.63) is 25.6 Å². The third kappa shape index (κ3) is 2.53. The van der Waals surface area contributed by atoms with Gasteiger partial charge in [-0.3, -0.25) is 0 Å². The van der Waals surface area contributed by atoms with Crippen LogP contribution in [0.4, 0.5) is 5.82 Å². The Morgan fingerprint density at radius 1 is 1.35 bits per heavy atom. The quantitative estimate of drug-likeness (QED) is 0.855. The summed E-state index contributed by atoms with van der Waals surface area (Å²) < 4.78 is 1.89. The zero-order valence-electron chi connectivity index (χ0n) is 9.42. The first-order valence-electron chi connectivity index (χ1n) is 5.11. The van der Waals surface area contributed by atoms with Gasteiger partial charge in [-0.15, -0.1) is 11.3 Å². The molecule has 2 aromatic rings. The third-order valence-electron chi connectivity index (χ3n) is 2.36. The van der Waals surface area contributed by atoms with Crippen molar-refractivity contribution in [2.45, 2.75) is 20.3 Å². The number of rotatable bonds is 2. The summed E-state index contributed by atoms with van der Waals surface area (Å²) in [7, 11) is 0. The predicted molar refractivity (Wildman–Crippen MR) is 79.3 cm³/mol. The summed E-state index contributed by atoms with van der Waals surface area (Å²) in [6.45, 7) is 4.10. The number of aromatic nitrogens is 2. The van der Waals surface area contributed by atoms with E-state index in [0.717, 1.165) is 25.9 Å². The van der Waals surface area contributed by atoms with Crippen LogP contribution in [0.25, 0.3) is 10.7 Å². The molecule has 0 bridgehead atoms. The van der Waals surface area contributed by atoms with Gasteiger partial charge in [0.25, 0.3) is 0 Å². The SMILES string of the molecule is CCc1nc(-c2cc(Br)c(C)s2)nc(N)c1Br. The molecule has 0 aromatic carbocycles. The number of halogens is 2. The van der Waals surface area contributed by atoms with Gasteiger partial charge in [0.1, 0.15) is 5.82 Å². The van der Waals surface area contributed by atoms with Crippen LogP contribution in [-0.2, 0) is 6.42 Å². The van der Waals surface area contributed by atoms with Crippen molar-refractivity contribution in [1.82, 2.24) is 9.97 Å². The summed E-state index contributed by atoms with van der Waals surface area (Å²) >= 11 is 8.57. The van der Waals surface area contributed by atoms with Crippen molar-refractivity contribution in [2.24, 2.45) is 0 Å². The molecule has 0 saturated carbocycles. The monoisotopic (exact) mass is 375 g/mol. The number of hydrogen-bond donors (Lipinski definition) is 1. The number of hydrogen-bond acceptors (Lipinski definition) is 4. The van der Waals surface area contributed by atoms with E-state index in [0.29, 0.717) is 11.6 Å². The predicted octanol–water partition coefficient (Wildman–Crippen LogP) is 4.18. The van der Waals surface area contributed by atoms with Gasteiger partial charge in [-0.05, 0) is 51.3 Å². The summed E-state index contributed by atoms with van der Waals surface area (Å²) in [6, 6.07) is 2.03. The van der Waals surface area contributed by atoms with E-state index in [1.54, 1.807) is 11.3 Å². The largest absolute Gasteiger partial charge is 0.383 e. The van der Waals surface area contributed by atoms with Crippen molar-refractivity contribution in [3.8, 4) is 10.7 Å². The lowest BCUT2D eigenvalue weighted by molar-refractivity contribution is 0.998. The first kappa shape index (κ1) is 13.0. The van der Waals surface area contributed by atoms with Gasteiger partial charge in [0, 0.05) is 9.35 Å². The molecule has 17 heavy (non-hydrogen) atoms. The minimum Gasteiger partial charge on any atom is -0.383 e. The standard InChI is InChI=1S/C11H11Br2N3S/c1-3-7-9(13)10(14)16-11(15-7)8-4-6(12)5(2)17-8/h4H,3H2,1-2H3,(H2,14,15,16). The highest BCUT2D eigenvalue weighted by atomic mass is 79.9. The van der Waals surface area contributed by atoms with Crippen LogP contribution in [-0.4, -0.2) is 9.97 Å². The molecule has 0 radical (unpaired) electrons. The van der Waals surface area contributed by atoms with Crippen molar-refractivity contribution in [3.63, 3.8) is 0 Å². The van der Waals surface area contributed by atoms with Crippen LogP contribution >= 0.6 is 43.2 Å². The zero-order chi connectivity index (χ0) is 12.6. The lowest BCUT2D eigenvalue weighted by Gasteiger charge is -2.05. The molecule has 3 nitrogen and oxygen atoms in total. The number of anilines is 1. The minimum atomic E-state index is 0.494. The third-order valence-corrected chi connectivity index (χ3v) is 5.35. The van der Waals surface area contributed by atoms with Gasteiger partial charge in [-0.25, -0.2) is 9.97 Å². The van der Waals surface area contributed by atoms with E-state index in [1.165, 1.54) is 4.88 Å². The van der Waals surface area contributed by atoms with Crippen LogP contribution in [0.2, 0.25) is 0 Å². The summed E-state index contributed by atoms with van der Waals surface area (Å²) in [6.07, 6.45) is 0.825. The second-order valence-electron chi connectivity index (χ2n) is 3.56. The van der Waals surface area contributed by atoms with Crippen LogP contribution in [0.3, 0.4) is 0 Å². The van der Waals surface area contributed by atoms with Crippen molar-refractivity contribution in [1.29, 1.82) is 0 Å². The molecular formula is C11H11Br2N3S. The molecule has 0 aliphatic carbocycles.